The van der Waals surface area contributed by atoms with Crippen LogP contribution in [0.2, 0.25) is 0 Å². The Labute approximate surface area is 599 Å². The summed E-state index contributed by atoms with van der Waals surface area (Å²) >= 11 is 0. The number of aromatic amines is 2. The zero-order valence-corrected chi connectivity index (χ0v) is 58.6. The number of ether oxygens (including phenoxy) is 3. The van der Waals surface area contributed by atoms with Crippen LogP contribution in [0.1, 0.15) is 111 Å². The molecule has 6 unspecified atom stereocenters. The molecule has 0 radical (unpaired) electrons. The summed E-state index contributed by atoms with van der Waals surface area (Å²) < 4.78 is 15.5. The Bertz CT molecular complexity index is 4470. The first-order valence-corrected chi connectivity index (χ1v) is 34.8. The lowest BCUT2D eigenvalue weighted by molar-refractivity contribution is -0.148. The Morgan fingerprint density at radius 3 is 1.28 bits per heavy atom. The highest BCUT2D eigenvalue weighted by molar-refractivity contribution is 5.99. The highest BCUT2D eigenvalue weighted by Gasteiger charge is 2.42. The third kappa shape index (κ3) is 17.7. The maximum absolute atomic E-state index is 13.5. The van der Waals surface area contributed by atoms with Crippen molar-refractivity contribution in [1.29, 1.82) is 10.8 Å². The van der Waals surface area contributed by atoms with Crippen LogP contribution >= 0.6 is 0 Å². The summed E-state index contributed by atoms with van der Waals surface area (Å²) in [6.07, 6.45) is 14.8. The molecule has 3 fully saturated rings. The van der Waals surface area contributed by atoms with E-state index in [1.165, 1.54) is 27.4 Å². The van der Waals surface area contributed by atoms with Crippen molar-refractivity contribution in [2.45, 2.75) is 89.8 Å². The van der Waals surface area contributed by atoms with Gasteiger partial charge in [0, 0.05) is 114 Å². The molecule has 0 bridgehead atoms. The number of hydrogen-bond donors (Lipinski definition) is 4. The maximum atomic E-state index is 13.5. The van der Waals surface area contributed by atoms with Crippen molar-refractivity contribution in [2.75, 3.05) is 41.0 Å². The second-order valence-electron chi connectivity index (χ2n) is 26.3. The summed E-state index contributed by atoms with van der Waals surface area (Å²) in [4.78, 5) is 110. The molecule has 103 heavy (non-hydrogen) atoms. The van der Waals surface area contributed by atoms with Crippen LogP contribution in [0.4, 0.5) is 0 Å². The van der Waals surface area contributed by atoms with E-state index in [-0.39, 0.29) is 59.3 Å². The van der Waals surface area contributed by atoms with Gasteiger partial charge in [0.1, 0.15) is 0 Å². The molecule has 6 aromatic carbocycles. The number of carbonyl (C=O) groups is 6. The number of carbonyl (C=O) groups excluding carboxylic acids is 6. The number of rotatable bonds is 20. The molecule has 13 rings (SSSR count). The molecule has 0 aliphatic carbocycles. The van der Waals surface area contributed by atoms with Crippen LogP contribution < -0.4 is 5.56 Å². The van der Waals surface area contributed by atoms with Crippen molar-refractivity contribution in [3.63, 3.8) is 0 Å². The van der Waals surface area contributed by atoms with E-state index >= 15 is 0 Å². The Hall–Kier alpha value is -11.7. The predicted molar refractivity (Wildman–Crippen MR) is 398 cm³/mol. The summed E-state index contributed by atoms with van der Waals surface area (Å²) in [5, 5.41) is 16.8. The topological polar surface area (TPSA) is 262 Å². The van der Waals surface area contributed by atoms with Gasteiger partial charge in [-0.1, -0.05) is 109 Å². The van der Waals surface area contributed by atoms with Crippen LogP contribution in [0.5, 0.6) is 0 Å². The first-order valence-electron chi connectivity index (χ1n) is 34.8. The van der Waals surface area contributed by atoms with E-state index in [9.17, 15) is 33.6 Å². The Kier molecular flexibility index (Phi) is 24.0. The van der Waals surface area contributed by atoms with Gasteiger partial charge in [0.2, 0.25) is 5.56 Å². The fraction of sp³-hybridized carbons (Fsp3) is 0.274. The second kappa shape index (κ2) is 34.1. The number of esters is 3. The molecule has 10 aromatic rings. The van der Waals surface area contributed by atoms with Crippen LogP contribution in [0.15, 0.2) is 224 Å². The van der Waals surface area contributed by atoms with Crippen molar-refractivity contribution in [3.05, 3.63) is 274 Å². The van der Waals surface area contributed by atoms with Crippen LogP contribution in [0.3, 0.4) is 0 Å². The quantitative estimate of drug-likeness (QED) is 0.0315. The van der Waals surface area contributed by atoms with Gasteiger partial charge >= 0.3 is 17.9 Å². The molecule has 7 heterocycles. The van der Waals surface area contributed by atoms with Crippen molar-refractivity contribution < 1.29 is 43.0 Å². The van der Waals surface area contributed by atoms with Crippen LogP contribution in [0.25, 0.3) is 44.3 Å². The fourth-order valence-corrected chi connectivity index (χ4v) is 14.4. The molecule has 19 nitrogen and oxygen atoms in total. The monoisotopic (exact) mass is 1380 g/mol. The van der Waals surface area contributed by atoms with Gasteiger partial charge < -0.3 is 49.7 Å². The summed E-state index contributed by atoms with van der Waals surface area (Å²) in [6, 6.07) is 58.3. The number of pyridine rings is 3. The Balaban J connectivity index is 0.000000155. The van der Waals surface area contributed by atoms with Gasteiger partial charge in [0.15, 0.2) is 0 Å². The first kappa shape index (κ1) is 72.5. The van der Waals surface area contributed by atoms with Gasteiger partial charge in [-0.3, -0.25) is 43.5 Å². The van der Waals surface area contributed by atoms with Gasteiger partial charge in [0.25, 0.3) is 17.7 Å². The molecule has 3 aliphatic rings. The van der Waals surface area contributed by atoms with Crippen molar-refractivity contribution >= 4 is 58.0 Å². The summed E-state index contributed by atoms with van der Waals surface area (Å²) in [6.45, 7) is 5.32. The molecule has 4 N–H and O–H groups in total. The van der Waals surface area contributed by atoms with Gasteiger partial charge in [-0.05, 0) is 194 Å². The number of amides is 3. The number of nitrogens with one attached hydrogen (secondary N) is 4. The largest absolute Gasteiger partial charge is 0.469 e. The van der Waals surface area contributed by atoms with Crippen LogP contribution in [-0.2, 0) is 47.9 Å². The van der Waals surface area contributed by atoms with E-state index in [4.69, 9.17) is 25.0 Å². The minimum Gasteiger partial charge on any atom is -0.469 e. The molecular formula is C84H85N9O10. The van der Waals surface area contributed by atoms with E-state index < -0.39 is 17.8 Å². The van der Waals surface area contributed by atoms with Crippen molar-refractivity contribution in [3.8, 4) is 33.4 Å². The standard InChI is InChI=1S/C29H30N2O3.C28H29N3O3.C27H26N4O4/c1-20(30)25-11-6-8-21(18-25)19-26(29(33)34-2)27-12-7-17-31(27)28(32)24-15-13-23(14-16-24)22-9-4-3-5-10-22;1-19(29)23-7-3-6-20(16-23)17-25(28(33)34-2)26-9-5-15-31(26)27(32)22-12-10-21(11-13-22)24-8-4-14-30-18-24;1-35-27(34)22(14-21-13-19-10-11-28-16-23(19)30-21)24-3-2-12-31(24)26(33)18-6-4-17(5-7-18)20-8-9-25(32)29-15-20/h3-6,8-11,13-16,18,26-27,30H,7,12,17,19H2,1-2H3;3-4,6-8,10-14,16,18,25-26,29H,5,9,15,17H2,1-2H3;4-11,13,15-16,22,24,30H,2-3,12,14H2,1H3,(H,29,32). The smallest absolute Gasteiger partial charge is 0.311 e. The van der Waals surface area contributed by atoms with Gasteiger partial charge in [-0.2, -0.15) is 0 Å². The maximum Gasteiger partial charge on any atom is 0.311 e. The SMILES string of the molecule is COC(=O)C(Cc1cc2ccncc2[nH]1)C1CCCN1C(=O)c1ccc(-c2ccc(=O)[nH]c2)cc1.COC(=O)C(Cc1cccc(C(C)=N)c1)C1CCCN1C(=O)c1ccc(-c2ccccc2)cc1.COC(=O)C(Cc1cccc(C(C)=N)c1)C1CCCN1C(=O)c1ccc(-c2cccnc2)cc1. The van der Waals surface area contributed by atoms with Gasteiger partial charge in [0.05, 0.1) is 50.8 Å². The number of aromatic nitrogens is 4. The van der Waals surface area contributed by atoms with Gasteiger partial charge in [-0.15, -0.1) is 0 Å². The second-order valence-corrected chi connectivity index (χ2v) is 26.3. The minimum absolute atomic E-state index is 0.0555. The molecule has 19 heteroatoms. The Morgan fingerprint density at radius 1 is 0.447 bits per heavy atom. The van der Waals surface area contributed by atoms with E-state index in [2.05, 4.69) is 19.9 Å². The molecule has 4 aromatic heterocycles. The number of fused-ring (bicyclic) bond motifs is 1. The number of hydrogen-bond acceptors (Lipinski definition) is 14. The normalized spacial score (nSPS) is 16.2. The summed E-state index contributed by atoms with van der Waals surface area (Å²) in [5.74, 6) is -2.56. The fourth-order valence-electron chi connectivity index (χ4n) is 14.4. The third-order valence-corrected chi connectivity index (χ3v) is 19.8. The average molecular weight is 1380 g/mol. The van der Waals surface area contributed by atoms with Crippen LogP contribution in [0, 0.1) is 28.6 Å². The van der Waals surface area contributed by atoms with E-state index in [1.54, 1.807) is 67.9 Å². The van der Waals surface area contributed by atoms with E-state index in [0.29, 0.717) is 67.0 Å². The summed E-state index contributed by atoms with van der Waals surface area (Å²) in [5.41, 5.74) is 13.9. The van der Waals surface area contributed by atoms with E-state index in [1.807, 2.05) is 174 Å². The summed E-state index contributed by atoms with van der Waals surface area (Å²) in [7, 11) is 4.18. The molecule has 6 atom stereocenters. The van der Waals surface area contributed by atoms with Crippen molar-refractivity contribution in [1.82, 2.24) is 34.6 Å². The lowest BCUT2D eigenvalue weighted by Gasteiger charge is -2.30. The molecule has 3 aliphatic heterocycles. The molecular weight excluding hydrogens is 1290 g/mol. The third-order valence-electron chi connectivity index (χ3n) is 19.8. The molecule has 3 amide bonds. The molecule has 0 spiro atoms. The Morgan fingerprint density at radius 2 is 0.864 bits per heavy atom. The van der Waals surface area contributed by atoms with Gasteiger partial charge in [-0.25, -0.2) is 0 Å². The number of methoxy groups -OCH3 is 3. The first-order chi connectivity index (χ1) is 50.0. The van der Waals surface area contributed by atoms with Crippen molar-refractivity contribution in [2.24, 2.45) is 17.8 Å². The average Bonchev–Trinajstić information content (AvgIpc) is 1.62. The van der Waals surface area contributed by atoms with E-state index in [0.717, 1.165) is 111 Å². The number of nitrogens with zero attached hydrogens (tertiary/aromatic N) is 5. The number of H-pyrrole nitrogens is 2. The molecule has 526 valence electrons. The molecule has 3 saturated heterocycles. The molecule has 0 saturated carbocycles. The predicted octanol–water partition coefficient (Wildman–Crippen LogP) is 13.7. The van der Waals surface area contributed by atoms with Crippen LogP contribution in [-0.4, -0.2) is 141 Å². The minimum atomic E-state index is -0.479. The lowest BCUT2D eigenvalue weighted by atomic mass is 9.89. The highest BCUT2D eigenvalue weighted by atomic mass is 16.5. The lowest BCUT2D eigenvalue weighted by Crippen LogP contribution is -2.44. The highest BCUT2D eigenvalue weighted by Crippen LogP contribution is 2.35. The number of benzene rings is 6. The number of likely N-dealkylation sites (tertiary alicyclic amines) is 3. The zero-order chi connectivity index (χ0) is 72.5. The zero-order valence-electron chi connectivity index (χ0n) is 58.6.